The molecule has 110 valence electrons. The Balaban J connectivity index is 2.49. The van der Waals surface area contributed by atoms with Gasteiger partial charge in [0, 0.05) is 18.3 Å². The molecule has 1 aromatic rings. The molecule has 1 amide bonds. The summed E-state index contributed by atoms with van der Waals surface area (Å²) < 4.78 is 10.3. The summed E-state index contributed by atoms with van der Waals surface area (Å²) in [7, 11) is 1.59. The highest BCUT2D eigenvalue weighted by Gasteiger charge is 2.14. The van der Waals surface area contributed by atoms with E-state index in [1.165, 1.54) is 0 Å². The minimum atomic E-state index is -0.491. The first-order chi connectivity index (χ1) is 9.30. The molecule has 0 aliphatic carbocycles. The normalized spacial score (nSPS) is 11.4. The van der Waals surface area contributed by atoms with Gasteiger partial charge in [0.25, 0.3) is 0 Å². The van der Waals surface area contributed by atoms with Crippen molar-refractivity contribution in [1.29, 1.82) is 0 Å². The molecule has 0 atom stereocenters. The molecule has 0 aliphatic rings. The van der Waals surface area contributed by atoms with Gasteiger partial charge in [-0.1, -0.05) is 12.2 Å². The number of rotatable bonds is 4. The van der Waals surface area contributed by atoms with Crippen LogP contribution in [0.5, 0.6) is 5.75 Å². The molecule has 20 heavy (non-hydrogen) atoms. The van der Waals surface area contributed by atoms with Crippen molar-refractivity contribution in [3.8, 4) is 5.75 Å². The Hall–Kier alpha value is -2.17. The molecule has 0 saturated carbocycles. The molecule has 0 fully saturated rings. The average Bonchev–Trinajstić information content (AvgIpc) is 2.32. The molecular formula is C15H22N2O3. The van der Waals surface area contributed by atoms with E-state index in [2.05, 4.69) is 5.32 Å². The predicted molar refractivity (Wildman–Crippen MR) is 80.7 cm³/mol. The molecule has 0 aliphatic heterocycles. The van der Waals surface area contributed by atoms with Crippen molar-refractivity contribution in [1.82, 2.24) is 5.32 Å². The van der Waals surface area contributed by atoms with Crippen LogP contribution in [0.1, 0.15) is 26.3 Å². The largest absolute Gasteiger partial charge is 0.497 e. The Morgan fingerprint density at radius 2 is 2.05 bits per heavy atom. The maximum Gasteiger partial charge on any atom is 0.407 e. The second-order valence-corrected chi connectivity index (χ2v) is 5.32. The molecule has 1 rings (SSSR count). The van der Waals surface area contributed by atoms with E-state index in [0.29, 0.717) is 18.0 Å². The van der Waals surface area contributed by atoms with Crippen LogP contribution < -0.4 is 15.8 Å². The number of nitrogen functional groups attached to an aromatic ring is 1. The van der Waals surface area contributed by atoms with E-state index in [4.69, 9.17) is 15.2 Å². The van der Waals surface area contributed by atoms with Gasteiger partial charge < -0.3 is 20.5 Å². The van der Waals surface area contributed by atoms with E-state index in [1.807, 2.05) is 45.1 Å². The standard InChI is InChI=1S/C15H22N2O3/c1-15(2,3)20-14(18)17-7-5-6-11-8-12(16)10-13(9-11)19-4/h5-6,8-10H,7,16H2,1-4H3,(H,17,18). The van der Waals surface area contributed by atoms with Crippen LogP contribution in [0, 0.1) is 0 Å². The lowest BCUT2D eigenvalue weighted by molar-refractivity contribution is 0.0534. The molecular weight excluding hydrogens is 256 g/mol. The number of methoxy groups -OCH3 is 1. The fourth-order valence-corrected chi connectivity index (χ4v) is 1.51. The number of benzene rings is 1. The summed E-state index contributed by atoms with van der Waals surface area (Å²) in [6.07, 6.45) is 3.24. The molecule has 0 saturated heterocycles. The maximum atomic E-state index is 11.4. The Kier molecular flexibility index (Phi) is 5.43. The summed E-state index contributed by atoms with van der Waals surface area (Å²) in [6, 6.07) is 5.43. The number of alkyl carbamates (subject to hydrolysis) is 1. The predicted octanol–water partition coefficient (Wildman–Crippen LogP) is 2.82. The van der Waals surface area contributed by atoms with Crippen molar-refractivity contribution < 1.29 is 14.3 Å². The summed E-state index contributed by atoms with van der Waals surface area (Å²) >= 11 is 0. The van der Waals surface area contributed by atoms with Crippen molar-refractivity contribution in [3.05, 3.63) is 29.8 Å². The molecule has 0 aromatic heterocycles. The van der Waals surface area contributed by atoms with E-state index in [-0.39, 0.29) is 0 Å². The van der Waals surface area contributed by atoms with Crippen LogP contribution in [0.2, 0.25) is 0 Å². The van der Waals surface area contributed by atoms with Crippen LogP contribution >= 0.6 is 0 Å². The number of carbonyl (C=O) groups is 1. The molecule has 1 aromatic carbocycles. The molecule has 5 nitrogen and oxygen atoms in total. The van der Waals surface area contributed by atoms with Crippen molar-refractivity contribution in [2.24, 2.45) is 0 Å². The lowest BCUT2D eigenvalue weighted by atomic mass is 10.2. The van der Waals surface area contributed by atoms with Gasteiger partial charge in [-0.2, -0.15) is 0 Å². The van der Waals surface area contributed by atoms with Gasteiger partial charge >= 0.3 is 6.09 Å². The molecule has 5 heteroatoms. The van der Waals surface area contributed by atoms with Gasteiger partial charge in [0.2, 0.25) is 0 Å². The van der Waals surface area contributed by atoms with Crippen molar-refractivity contribution in [2.75, 3.05) is 19.4 Å². The number of ether oxygens (including phenoxy) is 2. The first kappa shape index (κ1) is 15.9. The third kappa shape index (κ3) is 6.13. The number of nitrogens with two attached hydrogens (primary N) is 1. The lowest BCUT2D eigenvalue weighted by Gasteiger charge is -2.19. The molecule has 0 radical (unpaired) electrons. The second-order valence-electron chi connectivity index (χ2n) is 5.32. The number of nitrogens with one attached hydrogen (secondary N) is 1. The van der Waals surface area contributed by atoms with Gasteiger partial charge in [-0.15, -0.1) is 0 Å². The highest BCUT2D eigenvalue weighted by molar-refractivity contribution is 5.68. The highest BCUT2D eigenvalue weighted by atomic mass is 16.6. The van der Waals surface area contributed by atoms with Crippen LogP contribution in [0.15, 0.2) is 24.3 Å². The molecule has 0 heterocycles. The van der Waals surface area contributed by atoms with Crippen molar-refractivity contribution in [3.63, 3.8) is 0 Å². The van der Waals surface area contributed by atoms with Crippen molar-refractivity contribution in [2.45, 2.75) is 26.4 Å². The van der Waals surface area contributed by atoms with E-state index in [1.54, 1.807) is 13.2 Å². The fraction of sp³-hybridized carbons (Fsp3) is 0.400. The van der Waals surface area contributed by atoms with Gasteiger partial charge in [0.15, 0.2) is 0 Å². The van der Waals surface area contributed by atoms with Gasteiger partial charge in [-0.05, 0) is 38.5 Å². The Morgan fingerprint density at radius 3 is 2.65 bits per heavy atom. The number of hydrogen-bond acceptors (Lipinski definition) is 4. The number of carbonyl (C=O) groups excluding carboxylic acids is 1. The Morgan fingerprint density at radius 1 is 1.35 bits per heavy atom. The maximum absolute atomic E-state index is 11.4. The minimum absolute atomic E-state index is 0.381. The SMILES string of the molecule is COc1cc(N)cc(C=CCNC(=O)OC(C)(C)C)c1. The summed E-state index contributed by atoms with van der Waals surface area (Å²) in [5.41, 5.74) is 6.80. The van der Waals surface area contributed by atoms with Gasteiger partial charge in [-0.25, -0.2) is 4.79 Å². The molecule has 0 spiro atoms. The van der Waals surface area contributed by atoms with Crippen molar-refractivity contribution >= 4 is 17.9 Å². The lowest BCUT2D eigenvalue weighted by Crippen LogP contribution is -2.32. The monoisotopic (exact) mass is 278 g/mol. The third-order valence-electron chi connectivity index (χ3n) is 2.26. The van der Waals surface area contributed by atoms with E-state index < -0.39 is 11.7 Å². The smallest absolute Gasteiger partial charge is 0.407 e. The number of anilines is 1. The highest BCUT2D eigenvalue weighted by Crippen LogP contribution is 2.19. The van der Waals surface area contributed by atoms with Crippen LogP contribution in [0.4, 0.5) is 10.5 Å². The van der Waals surface area contributed by atoms with Gasteiger partial charge in [0.05, 0.1) is 7.11 Å². The van der Waals surface area contributed by atoms with E-state index >= 15 is 0 Å². The quantitative estimate of drug-likeness (QED) is 0.831. The molecule has 3 N–H and O–H groups in total. The first-order valence-corrected chi connectivity index (χ1v) is 6.38. The van der Waals surface area contributed by atoms with Crippen LogP contribution in [0.25, 0.3) is 6.08 Å². The van der Waals surface area contributed by atoms with Gasteiger partial charge in [0.1, 0.15) is 11.4 Å². The summed E-state index contributed by atoms with van der Waals surface area (Å²) in [5, 5.41) is 2.64. The zero-order valence-corrected chi connectivity index (χ0v) is 12.4. The van der Waals surface area contributed by atoms with E-state index in [0.717, 1.165) is 5.56 Å². The number of hydrogen-bond donors (Lipinski definition) is 2. The Bertz CT molecular complexity index is 490. The van der Waals surface area contributed by atoms with Crippen LogP contribution in [-0.4, -0.2) is 25.3 Å². The van der Waals surface area contributed by atoms with Crippen LogP contribution in [0.3, 0.4) is 0 Å². The Labute approximate surface area is 119 Å². The summed E-state index contributed by atoms with van der Waals surface area (Å²) in [6.45, 7) is 5.84. The number of amides is 1. The zero-order chi connectivity index (χ0) is 15.2. The average molecular weight is 278 g/mol. The van der Waals surface area contributed by atoms with Gasteiger partial charge in [-0.3, -0.25) is 0 Å². The summed E-state index contributed by atoms with van der Waals surface area (Å²) in [4.78, 5) is 11.4. The first-order valence-electron chi connectivity index (χ1n) is 6.38. The molecule has 0 unspecified atom stereocenters. The second kappa shape index (κ2) is 6.84. The zero-order valence-electron chi connectivity index (χ0n) is 12.4. The molecule has 0 bridgehead atoms. The van der Waals surface area contributed by atoms with E-state index in [9.17, 15) is 4.79 Å². The fourth-order valence-electron chi connectivity index (χ4n) is 1.51. The third-order valence-corrected chi connectivity index (χ3v) is 2.26. The minimum Gasteiger partial charge on any atom is -0.497 e. The van der Waals surface area contributed by atoms with Crippen LogP contribution in [-0.2, 0) is 4.74 Å². The summed E-state index contributed by atoms with van der Waals surface area (Å²) in [5.74, 6) is 0.699. The topological polar surface area (TPSA) is 73.6 Å².